The first-order valence-electron chi connectivity index (χ1n) is 4.69. The Labute approximate surface area is 96.7 Å². The van der Waals surface area contributed by atoms with Crippen molar-refractivity contribution in [3.05, 3.63) is 10.6 Å². The fraction of sp³-hybridized carbons (Fsp3) is 0.444. The highest BCUT2D eigenvalue weighted by atomic mass is 32.1. The number of amides is 1. The van der Waals surface area contributed by atoms with E-state index in [1.807, 2.05) is 0 Å². The Kier molecular flexibility index (Phi) is 4.24. The molecule has 0 radical (unpaired) electrons. The smallest absolute Gasteiger partial charge is 0.347 e. The van der Waals surface area contributed by atoms with Gasteiger partial charge in [-0.05, 0) is 6.92 Å². The maximum Gasteiger partial charge on any atom is 0.347 e. The van der Waals surface area contributed by atoms with Crippen molar-refractivity contribution in [1.29, 1.82) is 0 Å². The summed E-state index contributed by atoms with van der Waals surface area (Å²) in [5, 5.41) is 14.7. The number of rotatable bonds is 5. The summed E-state index contributed by atoms with van der Waals surface area (Å²) in [5.41, 5.74) is 0.486. The molecule has 0 saturated heterocycles. The third-order valence-electron chi connectivity index (χ3n) is 1.90. The molecule has 3 N–H and O–H groups in total. The second kappa shape index (κ2) is 5.45. The van der Waals surface area contributed by atoms with Crippen molar-refractivity contribution in [3.8, 4) is 0 Å². The van der Waals surface area contributed by atoms with Crippen LogP contribution in [0.15, 0.2) is 0 Å². The van der Waals surface area contributed by atoms with Crippen LogP contribution >= 0.6 is 11.3 Å². The monoisotopic (exact) mass is 243 g/mol. The zero-order valence-electron chi connectivity index (χ0n) is 9.03. The molecular formula is C9H13N3O3S. The van der Waals surface area contributed by atoms with Gasteiger partial charge in [0.15, 0.2) is 5.13 Å². The normalized spacial score (nSPS) is 9.88. The number of anilines is 1. The molecule has 6 nitrogen and oxygen atoms in total. The van der Waals surface area contributed by atoms with Gasteiger partial charge in [0.05, 0.1) is 5.69 Å². The highest BCUT2D eigenvalue weighted by Gasteiger charge is 2.13. The van der Waals surface area contributed by atoms with E-state index in [0.29, 0.717) is 23.8 Å². The molecule has 0 aliphatic heterocycles. The van der Waals surface area contributed by atoms with E-state index in [4.69, 9.17) is 5.11 Å². The predicted molar refractivity (Wildman–Crippen MR) is 61.0 cm³/mol. The number of nitrogens with one attached hydrogen (secondary N) is 2. The quantitative estimate of drug-likeness (QED) is 0.708. The molecular weight excluding hydrogens is 230 g/mol. The number of carboxylic acid groups (broad SMARTS) is 1. The minimum atomic E-state index is -0.977. The van der Waals surface area contributed by atoms with E-state index in [1.54, 1.807) is 14.0 Å². The van der Waals surface area contributed by atoms with Crippen molar-refractivity contribution in [2.75, 3.05) is 18.9 Å². The van der Waals surface area contributed by atoms with Gasteiger partial charge in [0.2, 0.25) is 5.91 Å². The van der Waals surface area contributed by atoms with Crippen molar-refractivity contribution < 1.29 is 14.7 Å². The van der Waals surface area contributed by atoms with Crippen LogP contribution in [-0.4, -0.2) is 35.6 Å². The van der Waals surface area contributed by atoms with E-state index in [1.165, 1.54) is 0 Å². The summed E-state index contributed by atoms with van der Waals surface area (Å²) in [5.74, 6) is -1.05. The van der Waals surface area contributed by atoms with E-state index >= 15 is 0 Å². The van der Waals surface area contributed by atoms with E-state index in [9.17, 15) is 9.59 Å². The van der Waals surface area contributed by atoms with Crippen molar-refractivity contribution in [1.82, 2.24) is 10.3 Å². The zero-order chi connectivity index (χ0) is 12.1. The van der Waals surface area contributed by atoms with Gasteiger partial charge in [-0.25, -0.2) is 9.78 Å². The van der Waals surface area contributed by atoms with Gasteiger partial charge in [-0.1, -0.05) is 11.3 Å². The largest absolute Gasteiger partial charge is 0.477 e. The Morgan fingerprint density at radius 2 is 2.19 bits per heavy atom. The second-order valence-corrected chi connectivity index (χ2v) is 4.09. The summed E-state index contributed by atoms with van der Waals surface area (Å²) < 4.78 is 0. The zero-order valence-corrected chi connectivity index (χ0v) is 9.85. The van der Waals surface area contributed by atoms with Gasteiger partial charge in [0, 0.05) is 20.0 Å². The van der Waals surface area contributed by atoms with Gasteiger partial charge in [0.1, 0.15) is 4.88 Å². The molecule has 16 heavy (non-hydrogen) atoms. The number of carboxylic acids is 1. The summed E-state index contributed by atoms with van der Waals surface area (Å²) in [4.78, 5) is 25.9. The molecule has 0 fully saturated rings. The summed E-state index contributed by atoms with van der Waals surface area (Å²) in [6.45, 7) is 2.08. The van der Waals surface area contributed by atoms with Crippen LogP contribution in [0.2, 0.25) is 0 Å². The summed E-state index contributed by atoms with van der Waals surface area (Å²) in [6.07, 6.45) is 0.331. The van der Waals surface area contributed by atoms with Gasteiger partial charge in [-0.2, -0.15) is 0 Å². The third-order valence-corrected chi connectivity index (χ3v) is 3.00. The van der Waals surface area contributed by atoms with Crippen LogP contribution in [0.3, 0.4) is 0 Å². The fourth-order valence-corrected chi connectivity index (χ4v) is 1.91. The molecule has 0 aliphatic carbocycles. The van der Waals surface area contributed by atoms with E-state index in [-0.39, 0.29) is 10.8 Å². The van der Waals surface area contributed by atoms with Gasteiger partial charge in [0.25, 0.3) is 0 Å². The Morgan fingerprint density at radius 1 is 1.50 bits per heavy atom. The number of nitrogens with zero attached hydrogens (tertiary/aromatic N) is 1. The summed E-state index contributed by atoms with van der Waals surface area (Å²) in [6, 6.07) is 0. The number of carbonyl (C=O) groups is 2. The van der Waals surface area contributed by atoms with Crippen LogP contribution in [0.1, 0.15) is 21.8 Å². The van der Waals surface area contributed by atoms with E-state index < -0.39 is 5.97 Å². The molecule has 0 saturated carbocycles. The number of hydrogen-bond acceptors (Lipinski definition) is 5. The van der Waals surface area contributed by atoms with Gasteiger partial charge in [-0.15, -0.1) is 0 Å². The van der Waals surface area contributed by atoms with Crippen molar-refractivity contribution in [2.45, 2.75) is 13.3 Å². The van der Waals surface area contributed by atoms with E-state index in [0.717, 1.165) is 11.3 Å². The first kappa shape index (κ1) is 12.4. The highest BCUT2D eigenvalue weighted by molar-refractivity contribution is 7.17. The van der Waals surface area contributed by atoms with Crippen LogP contribution < -0.4 is 10.6 Å². The average Bonchev–Trinajstić information content (AvgIpc) is 2.59. The number of thiazole rings is 1. The molecule has 1 aromatic heterocycles. The van der Waals surface area contributed by atoms with Crippen molar-refractivity contribution in [2.24, 2.45) is 0 Å². The number of aromatic nitrogens is 1. The average molecular weight is 243 g/mol. The Hall–Kier alpha value is -1.63. The van der Waals surface area contributed by atoms with Gasteiger partial charge < -0.3 is 15.7 Å². The molecule has 1 aromatic rings. The Bertz CT molecular complexity index is 403. The predicted octanol–water partition coefficient (Wildman–Crippen LogP) is 0.698. The van der Waals surface area contributed by atoms with E-state index in [2.05, 4.69) is 15.6 Å². The molecule has 1 rings (SSSR count). The molecule has 0 unspecified atom stereocenters. The maximum atomic E-state index is 10.9. The number of carbonyl (C=O) groups excluding carboxylic acids is 1. The molecule has 0 spiro atoms. The van der Waals surface area contributed by atoms with Crippen molar-refractivity contribution in [3.63, 3.8) is 0 Å². The molecule has 0 aliphatic rings. The molecule has 0 bridgehead atoms. The number of aryl methyl sites for hydroxylation is 1. The molecule has 88 valence electrons. The lowest BCUT2D eigenvalue weighted by atomic mass is 10.4. The standard InChI is InChI=1S/C9H13N3O3S/c1-5-7(8(14)15)16-9(12-5)11-4-3-6(13)10-2/h3-4H2,1-2H3,(H,10,13)(H,11,12)(H,14,15). The van der Waals surface area contributed by atoms with Gasteiger partial charge in [-0.3, -0.25) is 4.79 Å². The van der Waals surface area contributed by atoms with Crippen LogP contribution in [-0.2, 0) is 4.79 Å². The maximum absolute atomic E-state index is 10.9. The number of aromatic carboxylic acids is 1. The van der Waals surface area contributed by atoms with Crippen LogP contribution in [0.5, 0.6) is 0 Å². The first-order valence-corrected chi connectivity index (χ1v) is 5.51. The molecule has 7 heteroatoms. The fourth-order valence-electron chi connectivity index (χ4n) is 1.08. The first-order chi connectivity index (χ1) is 7.54. The minimum absolute atomic E-state index is 0.0702. The lowest BCUT2D eigenvalue weighted by Crippen LogP contribution is -2.20. The lowest BCUT2D eigenvalue weighted by Gasteiger charge is -2.00. The van der Waals surface area contributed by atoms with Crippen LogP contribution in [0, 0.1) is 6.92 Å². The van der Waals surface area contributed by atoms with Crippen molar-refractivity contribution >= 4 is 28.3 Å². The summed E-state index contributed by atoms with van der Waals surface area (Å²) in [7, 11) is 1.57. The lowest BCUT2D eigenvalue weighted by molar-refractivity contribution is -0.120. The van der Waals surface area contributed by atoms with Crippen LogP contribution in [0.4, 0.5) is 5.13 Å². The Morgan fingerprint density at radius 3 is 2.69 bits per heavy atom. The Balaban J connectivity index is 2.52. The molecule has 1 heterocycles. The topological polar surface area (TPSA) is 91.3 Å². The highest BCUT2D eigenvalue weighted by Crippen LogP contribution is 2.22. The van der Waals surface area contributed by atoms with Crippen LogP contribution in [0.25, 0.3) is 0 Å². The molecule has 0 aromatic carbocycles. The minimum Gasteiger partial charge on any atom is -0.477 e. The van der Waals surface area contributed by atoms with Gasteiger partial charge >= 0.3 is 5.97 Å². The number of hydrogen-bond donors (Lipinski definition) is 3. The SMILES string of the molecule is CNC(=O)CCNc1nc(C)c(C(=O)O)s1. The summed E-state index contributed by atoms with van der Waals surface area (Å²) >= 11 is 1.07. The molecule has 0 atom stereocenters. The second-order valence-electron chi connectivity index (χ2n) is 3.09. The third kappa shape index (κ3) is 3.20. The molecule has 1 amide bonds.